The number of ether oxygens (including phenoxy) is 1. The lowest BCUT2D eigenvalue weighted by Crippen LogP contribution is -2.54. The van der Waals surface area contributed by atoms with E-state index in [4.69, 9.17) is 4.74 Å². The van der Waals surface area contributed by atoms with Crippen LogP contribution in [0.5, 0.6) is 0 Å². The van der Waals surface area contributed by atoms with Gasteiger partial charge in [0.25, 0.3) is 0 Å². The molecule has 1 aromatic carbocycles. The van der Waals surface area contributed by atoms with Crippen molar-refractivity contribution >= 4 is 5.91 Å². The Morgan fingerprint density at radius 3 is 2.87 bits per heavy atom. The highest BCUT2D eigenvalue weighted by atomic mass is 19.1. The monoisotopic (exact) mass is 320 g/mol. The van der Waals surface area contributed by atoms with Crippen LogP contribution >= 0.6 is 0 Å². The van der Waals surface area contributed by atoms with Crippen molar-refractivity contribution in [3.8, 4) is 0 Å². The molecule has 5 heteroatoms. The summed E-state index contributed by atoms with van der Waals surface area (Å²) in [5, 5.41) is 6.61. The summed E-state index contributed by atoms with van der Waals surface area (Å²) in [6, 6.07) is 7.06. The minimum absolute atomic E-state index is 0.0190. The average molecular weight is 320 g/mol. The number of carbonyl (C=O) groups excluding carboxylic acids is 1. The maximum absolute atomic E-state index is 13.7. The van der Waals surface area contributed by atoms with Gasteiger partial charge in [0.15, 0.2) is 0 Å². The maximum Gasteiger partial charge on any atom is 0.231 e. The molecule has 2 fully saturated rings. The molecule has 2 aliphatic rings. The van der Waals surface area contributed by atoms with Crippen LogP contribution in [0.1, 0.15) is 38.2 Å². The van der Waals surface area contributed by atoms with E-state index >= 15 is 0 Å². The summed E-state index contributed by atoms with van der Waals surface area (Å²) in [5.74, 6) is -0.276. The highest BCUT2D eigenvalue weighted by molar-refractivity contribution is 5.88. The van der Waals surface area contributed by atoms with Gasteiger partial charge < -0.3 is 15.4 Å². The Morgan fingerprint density at radius 2 is 2.17 bits per heavy atom. The van der Waals surface area contributed by atoms with Gasteiger partial charge in [-0.1, -0.05) is 12.1 Å². The fourth-order valence-electron chi connectivity index (χ4n) is 3.74. The zero-order valence-corrected chi connectivity index (χ0v) is 13.6. The third-order valence-electron chi connectivity index (χ3n) is 5.12. The topological polar surface area (TPSA) is 50.4 Å². The smallest absolute Gasteiger partial charge is 0.231 e. The zero-order chi connectivity index (χ0) is 16.3. The molecule has 2 saturated heterocycles. The molecule has 126 valence electrons. The summed E-state index contributed by atoms with van der Waals surface area (Å²) in [6.45, 7) is 4.12. The molecule has 0 aromatic heterocycles. The predicted molar refractivity (Wildman–Crippen MR) is 86.8 cm³/mol. The summed E-state index contributed by atoms with van der Waals surface area (Å²) in [7, 11) is 0. The van der Waals surface area contributed by atoms with Gasteiger partial charge in [-0.25, -0.2) is 4.39 Å². The number of hydrogen-bond acceptors (Lipinski definition) is 3. The zero-order valence-electron chi connectivity index (χ0n) is 13.6. The fourth-order valence-corrected chi connectivity index (χ4v) is 3.74. The van der Waals surface area contributed by atoms with Gasteiger partial charge in [0.1, 0.15) is 5.82 Å². The number of benzene rings is 1. The van der Waals surface area contributed by atoms with E-state index in [2.05, 4.69) is 17.6 Å². The molecule has 0 radical (unpaired) electrons. The second-order valence-electron chi connectivity index (χ2n) is 6.75. The van der Waals surface area contributed by atoms with E-state index in [0.29, 0.717) is 32.1 Å². The second kappa shape index (κ2) is 6.97. The molecule has 4 nitrogen and oxygen atoms in total. The van der Waals surface area contributed by atoms with Gasteiger partial charge in [0.05, 0.1) is 5.41 Å². The van der Waals surface area contributed by atoms with Gasteiger partial charge in [-0.2, -0.15) is 0 Å². The summed E-state index contributed by atoms with van der Waals surface area (Å²) >= 11 is 0. The van der Waals surface area contributed by atoms with Crippen LogP contribution < -0.4 is 10.6 Å². The molecular formula is C18H25FN2O2. The van der Waals surface area contributed by atoms with Crippen molar-refractivity contribution in [3.63, 3.8) is 0 Å². The average Bonchev–Trinajstić information content (AvgIpc) is 2.55. The van der Waals surface area contributed by atoms with Crippen LogP contribution in [0.2, 0.25) is 0 Å². The van der Waals surface area contributed by atoms with Crippen molar-refractivity contribution in [2.75, 3.05) is 19.8 Å². The Labute approximate surface area is 136 Å². The van der Waals surface area contributed by atoms with Crippen LogP contribution in [0.25, 0.3) is 0 Å². The van der Waals surface area contributed by atoms with E-state index in [1.54, 1.807) is 6.07 Å². The third kappa shape index (κ3) is 3.56. The minimum Gasteiger partial charge on any atom is -0.381 e. The molecule has 1 aromatic rings. The Hall–Kier alpha value is -1.46. The first-order chi connectivity index (χ1) is 11.1. The number of nitrogens with one attached hydrogen (secondary N) is 2. The molecule has 2 unspecified atom stereocenters. The molecule has 1 amide bonds. The molecule has 0 bridgehead atoms. The molecule has 23 heavy (non-hydrogen) atoms. The molecule has 2 N–H and O–H groups in total. The van der Waals surface area contributed by atoms with E-state index in [-0.39, 0.29) is 17.8 Å². The first kappa shape index (κ1) is 16.4. The van der Waals surface area contributed by atoms with Crippen molar-refractivity contribution < 1.29 is 13.9 Å². The largest absolute Gasteiger partial charge is 0.381 e. The van der Waals surface area contributed by atoms with E-state index in [9.17, 15) is 9.18 Å². The SMILES string of the molecule is CC1CC(NC(=O)C2(c3cccc(F)c3)CCOCC2)CCN1. The van der Waals surface area contributed by atoms with Crippen molar-refractivity contribution in [1.29, 1.82) is 0 Å². The van der Waals surface area contributed by atoms with Crippen molar-refractivity contribution in [2.24, 2.45) is 0 Å². The van der Waals surface area contributed by atoms with E-state index < -0.39 is 5.41 Å². The molecule has 2 atom stereocenters. The molecule has 0 saturated carbocycles. The van der Waals surface area contributed by atoms with Crippen LogP contribution in [0.4, 0.5) is 4.39 Å². The Kier molecular flexibility index (Phi) is 4.97. The summed E-state index contributed by atoms with van der Waals surface area (Å²) in [4.78, 5) is 13.1. The number of piperidine rings is 1. The quantitative estimate of drug-likeness (QED) is 0.897. The van der Waals surface area contributed by atoms with Gasteiger partial charge in [-0.15, -0.1) is 0 Å². The van der Waals surface area contributed by atoms with Gasteiger partial charge >= 0.3 is 0 Å². The number of hydrogen-bond donors (Lipinski definition) is 2. The first-order valence-electron chi connectivity index (χ1n) is 8.48. The van der Waals surface area contributed by atoms with Crippen molar-refractivity contribution in [1.82, 2.24) is 10.6 Å². The van der Waals surface area contributed by atoms with Crippen molar-refractivity contribution in [2.45, 2.75) is 50.1 Å². The predicted octanol–water partition coefficient (Wildman–Crippen LogP) is 2.13. The lowest BCUT2D eigenvalue weighted by Gasteiger charge is -2.38. The Bertz CT molecular complexity index is 558. The van der Waals surface area contributed by atoms with Crippen molar-refractivity contribution in [3.05, 3.63) is 35.6 Å². The van der Waals surface area contributed by atoms with Crippen LogP contribution in [-0.2, 0) is 14.9 Å². The molecular weight excluding hydrogens is 295 g/mol. The number of halogens is 1. The maximum atomic E-state index is 13.7. The lowest BCUT2D eigenvalue weighted by molar-refractivity contribution is -0.131. The van der Waals surface area contributed by atoms with Gasteiger partial charge in [-0.3, -0.25) is 4.79 Å². The van der Waals surface area contributed by atoms with E-state index in [0.717, 1.165) is 24.9 Å². The van der Waals surface area contributed by atoms with E-state index in [1.165, 1.54) is 12.1 Å². The normalized spacial score (nSPS) is 27.4. The highest BCUT2D eigenvalue weighted by Gasteiger charge is 2.42. The van der Waals surface area contributed by atoms with Gasteiger partial charge in [0.2, 0.25) is 5.91 Å². The second-order valence-corrected chi connectivity index (χ2v) is 6.75. The number of carbonyl (C=O) groups is 1. The highest BCUT2D eigenvalue weighted by Crippen LogP contribution is 2.36. The fraction of sp³-hybridized carbons (Fsp3) is 0.611. The summed E-state index contributed by atoms with van der Waals surface area (Å²) in [6.07, 6.45) is 3.07. The lowest BCUT2D eigenvalue weighted by atomic mass is 9.73. The van der Waals surface area contributed by atoms with Crippen LogP contribution in [0, 0.1) is 5.82 Å². The Morgan fingerprint density at radius 1 is 1.39 bits per heavy atom. The first-order valence-corrected chi connectivity index (χ1v) is 8.48. The Balaban J connectivity index is 1.82. The minimum atomic E-state index is -0.672. The number of amides is 1. The number of rotatable bonds is 3. The van der Waals surface area contributed by atoms with Crippen LogP contribution in [0.15, 0.2) is 24.3 Å². The standard InChI is InChI=1S/C18H25FN2O2/c1-13-11-16(5-8-20-13)21-17(22)18(6-9-23-10-7-18)14-3-2-4-15(19)12-14/h2-4,12-13,16,20H,5-11H2,1H3,(H,21,22). The molecule has 3 rings (SSSR count). The van der Waals surface area contributed by atoms with Crippen LogP contribution in [0.3, 0.4) is 0 Å². The molecule has 2 heterocycles. The van der Waals surface area contributed by atoms with Gasteiger partial charge in [-0.05, 0) is 56.8 Å². The molecule has 0 aliphatic carbocycles. The third-order valence-corrected chi connectivity index (χ3v) is 5.12. The molecule has 2 aliphatic heterocycles. The van der Waals surface area contributed by atoms with Crippen LogP contribution in [-0.4, -0.2) is 37.7 Å². The summed E-state index contributed by atoms with van der Waals surface area (Å²) in [5.41, 5.74) is 0.0920. The molecule has 0 spiro atoms. The van der Waals surface area contributed by atoms with E-state index in [1.807, 2.05) is 6.07 Å². The van der Waals surface area contributed by atoms with Gasteiger partial charge in [0, 0.05) is 25.3 Å². The summed E-state index contributed by atoms with van der Waals surface area (Å²) < 4.78 is 19.1.